The lowest BCUT2D eigenvalue weighted by atomic mass is 9.74. The quantitative estimate of drug-likeness (QED) is 0.835. The highest BCUT2D eigenvalue weighted by Gasteiger charge is 2.35. The highest BCUT2D eigenvalue weighted by Crippen LogP contribution is 2.31. The first-order valence-electron chi connectivity index (χ1n) is 6.50. The van der Waals surface area contributed by atoms with Gasteiger partial charge in [0.05, 0.1) is 0 Å². The number of nitrogen functional groups attached to an aromatic ring is 1. The molecule has 1 aliphatic heterocycles. The van der Waals surface area contributed by atoms with Crippen molar-refractivity contribution in [3.8, 4) is 0 Å². The SMILES string of the molecule is CC(C)(C(=O)C1CCOCC1)c1ccc(N)cc1. The van der Waals surface area contributed by atoms with E-state index in [9.17, 15) is 4.79 Å². The summed E-state index contributed by atoms with van der Waals surface area (Å²) in [7, 11) is 0. The second-order valence-corrected chi connectivity index (χ2v) is 5.50. The van der Waals surface area contributed by atoms with E-state index in [1.807, 2.05) is 38.1 Å². The lowest BCUT2D eigenvalue weighted by Crippen LogP contribution is -2.37. The zero-order valence-electron chi connectivity index (χ0n) is 11.1. The van der Waals surface area contributed by atoms with E-state index in [1.54, 1.807) is 0 Å². The van der Waals surface area contributed by atoms with Crippen LogP contribution in [0.4, 0.5) is 5.69 Å². The molecule has 3 heteroatoms. The molecule has 0 aromatic heterocycles. The Kier molecular flexibility index (Phi) is 3.71. The van der Waals surface area contributed by atoms with Crippen LogP contribution in [0.25, 0.3) is 0 Å². The molecule has 1 aromatic carbocycles. The largest absolute Gasteiger partial charge is 0.399 e. The maximum Gasteiger partial charge on any atom is 0.146 e. The van der Waals surface area contributed by atoms with E-state index in [-0.39, 0.29) is 5.92 Å². The van der Waals surface area contributed by atoms with Crippen molar-refractivity contribution in [2.24, 2.45) is 5.92 Å². The fourth-order valence-electron chi connectivity index (χ4n) is 2.51. The summed E-state index contributed by atoms with van der Waals surface area (Å²) in [5.74, 6) is 0.446. The van der Waals surface area contributed by atoms with E-state index < -0.39 is 5.41 Å². The summed E-state index contributed by atoms with van der Waals surface area (Å²) in [6.07, 6.45) is 1.69. The van der Waals surface area contributed by atoms with Crippen LogP contribution in [0.5, 0.6) is 0 Å². The van der Waals surface area contributed by atoms with Gasteiger partial charge >= 0.3 is 0 Å². The molecule has 0 spiro atoms. The fourth-order valence-corrected chi connectivity index (χ4v) is 2.51. The monoisotopic (exact) mass is 247 g/mol. The second kappa shape index (κ2) is 5.11. The van der Waals surface area contributed by atoms with Gasteiger partial charge in [0.15, 0.2) is 0 Å². The van der Waals surface area contributed by atoms with Gasteiger partial charge in [-0.2, -0.15) is 0 Å². The van der Waals surface area contributed by atoms with Crippen LogP contribution in [0.3, 0.4) is 0 Å². The fraction of sp³-hybridized carbons (Fsp3) is 0.533. The van der Waals surface area contributed by atoms with E-state index in [2.05, 4.69) is 0 Å². The van der Waals surface area contributed by atoms with Crippen molar-refractivity contribution in [3.63, 3.8) is 0 Å². The van der Waals surface area contributed by atoms with Crippen molar-refractivity contribution >= 4 is 11.5 Å². The molecular formula is C15H21NO2. The molecule has 0 unspecified atom stereocenters. The van der Waals surface area contributed by atoms with Crippen LogP contribution >= 0.6 is 0 Å². The average Bonchev–Trinajstić information content (AvgIpc) is 2.39. The van der Waals surface area contributed by atoms with Crippen molar-refractivity contribution in [3.05, 3.63) is 29.8 Å². The number of hydrogen-bond donors (Lipinski definition) is 1. The number of hydrogen-bond acceptors (Lipinski definition) is 3. The molecule has 2 N–H and O–H groups in total. The van der Waals surface area contributed by atoms with Crippen molar-refractivity contribution in [1.29, 1.82) is 0 Å². The summed E-state index contributed by atoms with van der Waals surface area (Å²) < 4.78 is 5.32. The van der Waals surface area contributed by atoms with E-state index in [1.165, 1.54) is 0 Å². The molecule has 1 fully saturated rings. The molecule has 0 atom stereocenters. The topological polar surface area (TPSA) is 52.3 Å². The number of nitrogens with two attached hydrogens (primary N) is 1. The number of carbonyl (C=O) groups excluding carboxylic acids is 1. The van der Waals surface area contributed by atoms with Crippen LogP contribution in [0, 0.1) is 5.92 Å². The minimum Gasteiger partial charge on any atom is -0.399 e. The highest BCUT2D eigenvalue weighted by molar-refractivity contribution is 5.91. The lowest BCUT2D eigenvalue weighted by molar-refractivity contribution is -0.130. The molecule has 0 bridgehead atoms. The summed E-state index contributed by atoms with van der Waals surface area (Å²) in [6.45, 7) is 5.40. The van der Waals surface area contributed by atoms with Crippen molar-refractivity contribution in [1.82, 2.24) is 0 Å². The molecule has 98 valence electrons. The minimum atomic E-state index is -0.449. The smallest absolute Gasteiger partial charge is 0.146 e. The number of ketones is 1. The van der Waals surface area contributed by atoms with Gasteiger partial charge in [-0.05, 0) is 44.4 Å². The minimum absolute atomic E-state index is 0.131. The second-order valence-electron chi connectivity index (χ2n) is 5.50. The van der Waals surface area contributed by atoms with Gasteiger partial charge in [-0.25, -0.2) is 0 Å². The predicted molar refractivity (Wildman–Crippen MR) is 72.4 cm³/mol. The maximum atomic E-state index is 12.6. The Balaban J connectivity index is 2.18. The average molecular weight is 247 g/mol. The van der Waals surface area contributed by atoms with Gasteiger partial charge < -0.3 is 10.5 Å². The Morgan fingerprint density at radius 3 is 2.33 bits per heavy atom. The van der Waals surface area contributed by atoms with Gasteiger partial charge in [0.1, 0.15) is 5.78 Å². The van der Waals surface area contributed by atoms with Crippen molar-refractivity contribution < 1.29 is 9.53 Å². The Morgan fingerprint density at radius 2 is 1.78 bits per heavy atom. The first-order chi connectivity index (χ1) is 8.51. The van der Waals surface area contributed by atoms with Crippen LogP contribution in [0.2, 0.25) is 0 Å². The van der Waals surface area contributed by atoms with Gasteiger partial charge in [-0.3, -0.25) is 4.79 Å². The van der Waals surface area contributed by atoms with Gasteiger partial charge in [0.2, 0.25) is 0 Å². The summed E-state index contributed by atoms with van der Waals surface area (Å²) in [5.41, 5.74) is 7.00. The lowest BCUT2D eigenvalue weighted by Gasteiger charge is -2.31. The molecule has 0 saturated carbocycles. The predicted octanol–water partition coefficient (Wildman–Crippen LogP) is 2.54. The van der Waals surface area contributed by atoms with Gasteiger partial charge in [-0.1, -0.05) is 12.1 Å². The van der Waals surface area contributed by atoms with Crippen LogP contribution in [-0.4, -0.2) is 19.0 Å². The van der Waals surface area contributed by atoms with Gasteiger partial charge in [0.25, 0.3) is 0 Å². The Labute approximate surface area is 108 Å². The van der Waals surface area contributed by atoms with Crippen molar-refractivity contribution in [2.75, 3.05) is 18.9 Å². The van der Waals surface area contributed by atoms with Crippen LogP contribution in [0.1, 0.15) is 32.3 Å². The first kappa shape index (κ1) is 13.1. The first-order valence-corrected chi connectivity index (χ1v) is 6.50. The van der Waals surface area contributed by atoms with E-state index in [0.717, 1.165) is 24.1 Å². The molecule has 0 amide bonds. The van der Waals surface area contributed by atoms with Crippen LogP contribution < -0.4 is 5.73 Å². The Bertz CT molecular complexity index is 417. The highest BCUT2D eigenvalue weighted by atomic mass is 16.5. The maximum absolute atomic E-state index is 12.6. The molecule has 0 radical (unpaired) electrons. The number of carbonyl (C=O) groups is 1. The Hall–Kier alpha value is -1.35. The Morgan fingerprint density at radius 1 is 1.22 bits per heavy atom. The molecule has 0 aliphatic carbocycles. The standard InChI is InChI=1S/C15H21NO2/c1-15(2,12-3-5-13(16)6-4-12)14(17)11-7-9-18-10-8-11/h3-6,11H,7-10,16H2,1-2H3. The number of anilines is 1. The molecule has 3 nitrogen and oxygen atoms in total. The van der Waals surface area contributed by atoms with Gasteiger partial charge in [0, 0.05) is 30.2 Å². The summed E-state index contributed by atoms with van der Waals surface area (Å²) >= 11 is 0. The molecule has 2 rings (SSSR count). The van der Waals surface area contributed by atoms with E-state index in [4.69, 9.17) is 10.5 Å². The number of rotatable bonds is 3. The molecule has 1 saturated heterocycles. The zero-order valence-corrected chi connectivity index (χ0v) is 11.1. The zero-order chi connectivity index (χ0) is 13.2. The number of benzene rings is 1. The molecular weight excluding hydrogens is 226 g/mol. The van der Waals surface area contributed by atoms with Crippen molar-refractivity contribution in [2.45, 2.75) is 32.1 Å². The van der Waals surface area contributed by atoms with E-state index in [0.29, 0.717) is 19.0 Å². The molecule has 1 aromatic rings. The molecule has 1 aliphatic rings. The number of Topliss-reactive ketones (excluding diaryl/α,β-unsaturated/α-hetero) is 1. The number of ether oxygens (including phenoxy) is 1. The summed E-state index contributed by atoms with van der Waals surface area (Å²) in [4.78, 5) is 12.6. The summed E-state index contributed by atoms with van der Waals surface area (Å²) in [5, 5.41) is 0. The normalized spacial score (nSPS) is 17.7. The van der Waals surface area contributed by atoms with Gasteiger partial charge in [-0.15, -0.1) is 0 Å². The molecule has 18 heavy (non-hydrogen) atoms. The summed E-state index contributed by atoms with van der Waals surface area (Å²) in [6, 6.07) is 7.61. The molecule has 1 heterocycles. The third-order valence-electron chi connectivity index (χ3n) is 3.84. The third-order valence-corrected chi connectivity index (χ3v) is 3.84. The van der Waals surface area contributed by atoms with Crippen LogP contribution in [0.15, 0.2) is 24.3 Å². The third kappa shape index (κ3) is 2.56. The van der Waals surface area contributed by atoms with Crippen LogP contribution in [-0.2, 0) is 14.9 Å². The van der Waals surface area contributed by atoms with E-state index >= 15 is 0 Å².